The second-order valence-electron chi connectivity index (χ2n) is 3.79. The van der Waals surface area contributed by atoms with Crippen LogP contribution in [0.4, 0.5) is 5.69 Å². The van der Waals surface area contributed by atoms with E-state index in [-0.39, 0.29) is 6.61 Å². The fourth-order valence-corrected chi connectivity index (χ4v) is 1.31. The molecule has 17 heavy (non-hydrogen) atoms. The molecule has 0 fully saturated rings. The molecule has 0 heterocycles. The van der Waals surface area contributed by atoms with Crippen LogP contribution in [0.3, 0.4) is 0 Å². The molecule has 0 aliphatic carbocycles. The Morgan fingerprint density at radius 3 is 2.71 bits per heavy atom. The van der Waals surface area contributed by atoms with E-state index in [2.05, 4.69) is 0 Å². The summed E-state index contributed by atoms with van der Waals surface area (Å²) in [5.41, 5.74) is 0.948. The highest BCUT2D eigenvalue weighted by Crippen LogP contribution is 2.20. The van der Waals surface area contributed by atoms with Gasteiger partial charge in [-0.3, -0.25) is 0 Å². The van der Waals surface area contributed by atoms with Crippen molar-refractivity contribution in [2.75, 3.05) is 32.7 Å². The van der Waals surface area contributed by atoms with Crippen LogP contribution in [0.1, 0.15) is 0 Å². The molecule has 0 amide bonds. The van der Waals surface area contributed by atoms with E-state index in [0.717, 1.165) is 5.69 Å². The summed E-state index contributed by atoms with van der Waals surface area (Å²) in [5, 5.41) is 8.93. The highest BCUT2D eigenvalue weighted by molar-refractivity contribution is 5.73. The highest BCUT2D eigenvalue weighted by Gasteiger charge is 2.19. The van der Waals surface area contributed by atoms with Crippen molar-refractivity contribution in [1.29, 1.82) is 0 Å². The summed E-state index contributed by atoms with van der Waals surface area (Å²) < 4.78 is 10.2. The second-order valence-corrected chi connectivity index (χ2v) is 3.79. The molecule has 0 aromatic heterocycles. The summed E-state index contributed by atoms with van der Waals surface area (Å²) in [4.78, 5) is 12.8. The standard InChI is InChI=1S/C12H17NO4/c1-13(2)9-5-4-6-10(7-9)17-11(8-16-3)12(14)15/h4-7,11H,8H2,1-3H3,(H,14,15). The number of ether oxygens (including phenoxy) is 2. The normalized spacial score (nSPS) is 11.9. The van der Waals surface area contributed by atoms with E-state index in [4.69, 9.17) is 14.6 Å². The number of nitrogens with zero attached hydrogens (tertiary/aromatic N) is 1. The van der Waals surface area contributed by atoms with E-state index in [1.807, 2.05) is 31.1 Å². The molecule has 1 rings (SSSR count). The van der Waals surface area contributed by atoms with Crippen LogP contribution in [0.15, 0.2) is 24.3 Å². The maximum atomic E-state index is 10.9. The lowest BCUT2D eigenvalue weighted by Crippen LogP contribution is -2.31. The number of hydrogen-bond donors (Lipinski definition) is 1. The third kappa shape index (κ3) is 3.96. The Labute approximate surface area is 101 Å². The van der Waals surface area contributed by atoms with E-state index in [0.29, 0.717) is 5.75 Å². The number of carboxylic acid groups (broad SMARTS) is 1. The van der Waals surface area contributed by atoms with E-state index >= 15 is 0 Å². The van der Waals surface area contributed by atoms with Crippen molar-refractivity contribution in [3.63, 3.8) is 0 Å². The first-order chi connectivity index (χ1) is 8.04. The quantitative estimate of drug-likeness (QED) is 0.809. The van der Waals surface area contributed by atoms with E-state index < -0.39 is 12.1 Å². The number of anilines is 1. The van der Waals surface area contributed by atoms with Crippen LogP contribution in [-0.4, -0.2) is 45.0 Å². The lowest BCUT2D eigenvalue weighted by molar-refractivity contribution is -0.147. The predicted molar refractivity (Wildman–Crippen MR) is 64.7 cm³/mol. The van der Waals surface area contributed by atoms with Crippen molar-refractivity contribution in [3.8, 4) is 5.75 Å². The minimum absolute atomic E-state index is 0.0154. The van der Waals surface area contributed by atoms with Gasteiger partial charge in [-0.1, -0.05) is 6.07 Å². The van der Waals surface area contributed by atoms with Gasteiger partial charge in [0.25, 0.3) is 0 Å². The SMILES string of the molecule is COCC(Oc1cccc(N(C)C)c1)C(=O)O. The number of benzene rings is 1. The zero-order chi connectivity index (χ0) is 12.8. The predicted octanol–water partition coefficient (Wildman–Crippen LogP) is 1.23. The summed E-state index contributed by atoms with van der Waals surface area (Å²) in [6, 6.07) is 7.24. The number of methoxy groups -OCH3 is 1. The number of carboxylic acids is 1. The molecule has 5 nitrogen and oxygen atoms in total. The van der Waals surface area contributed by atoms with Gasteiger partial charge in [0.2, 0.25) is 6.10 Å². The third-order valence-corrected chi connectivity index (χ3v) is 2.21. The molecule has 0 spiro atoms. The van der Waals surface area contributed by atoms with Crippen molar-refractivity contribution in [1.82, 2.24) is 0 Å². The number of hydrogen-bond acceptors (Lipinski definition) is 4. The molecule has 1 aromatic rings. The monoisotopic (exact) mass is 239 g/mol. The number of rotatable bonds is 6. The van der Waals surface area contributed by atoms with Gasteiger partial charge in [-0.25, -0.2) is 4.79 Å². The van der Waals surface area contributed by atoms with Gasteiger partial charge in [-0.2, -0.15) is 0 Å². The fraction of sp³-hybridized carbons (Fsp3) is 0.417. The third-order valence-electron chi connectivity index (χ3n) is 2.21. The van der Waals surface area contributed by atoms with Crippen molar-refractivity contribution in [3.05, 3.63) is 24.3 Å². The van der Waals surface area contributed by atoms with Gasteiger partial charge in [0.15, 0.2) is 0 Å². The van der Waals surface area contributed by atoms with Gasteiger partial charge in [-0.05, 0) is 12.1 Å². The van der Waals surface area contributed by atoms with E-state index in [1.165, 1.54) is 7.11 Å². The van der Waals surface area contributed by atoms with Gasteiger partial charge >= 0.3 is 5.97 Å². The van der Waals surface area contributed by atoms with Crippen LogP contribution in [-0.2, 0) is 9.53 Å². The smallest absolute Gasteiger partial charge is 0.347 e. The highest BCUT2D eigenvalue weighted by atomic mass is 16.5. The van der Waals surface area contributed by atoms with E-state index in [9.17, 15) is 4.79 Å². The van der Waals surface area contributed by atoms with Gasteiger partial charge in [0.05, 0.1) is 6.61 Å². The average Bonchev–Trinajstić information content (AvgIpc) is 2.28. The maximum absolute atomic E-state index is 10.9. The molecular weight excluding hydrogens is 222 g/mol. The molecule has 0 saturated heterocycles. The summed E-state index contributed by atoms with van der Waals surface area (Å²) in [6.07, 6.45) is -0.989. The van der Waals surface area contributed by atoms with Crippen LogP contribution in [0.25, 0.3) is 0 Å². The van der Waals surface area contributed by atoms with Gasteiger partial charge in [0, 0.05) is 33.0 Å². The van der Waals surface area contributed by atoms with E-state index in [1.54, 1.807) is 12.1 Å². The zero-order valence-corrected chi connectivity index (χ0v) is 10.2. The molecule has 1 unspecified atom stereocenters. The van der Waals surface area contributed by atoms with Gasteiger partial charge in [0.1, 0.15) is 5.75 Å². The summed E-state index contributed by atoms with van der Waals surface area (Å²) in [6.45, 7) is 0.0154. The Bertz CT molecular complexity index is 379. The van der Waals surface area contributed by atoms with Crippen molar-refractivity contribution >= 4 is 11.7 Å². The lowest BCUT2D eigenvalue weighted by atomic mass is 10.3. The van der Waals surface area contributed by atoms with Crippen molar-refractivity contribution in [2.45, 2.75) is 6.10 Å². The van der Waals surface area contributed by atoms with Crippen LogP contribution in [0.2, 0.25) is 0 Å². The molecule has 5 heteroatoms. The van der Waals surface area contributed by atoms with Crippen LogP contribution < -0.4 is 9.64 Å². The first-order valence-electron chi connectivity index (χ1n) is 5.20. The minimum atomic E-state index is -1.04. The molecule has 0 radical (unpaired) electrons. The van der Waals surface area contributed by atoms with Crippen molar-refractivity contribution < 1.29 is 19.4 Å². The Balaban J connectivity index is 2.78. The second kappa shape index (κ2) is 6.10. The Kier molecular flexibility index (Phi) is 4.78. The maximum Gasteiger partial charge on any atom is 0.347 e. The molecule has 1 aromatic carbocycles. The average molecular weight is 239 g/mol. The Hall–Kier alpha value is -1.75. The van der Waals surface area contributed by atoms with Gasteiger partial charge < -0.3 is 19.5 Å². The van der Waals surface area contributed by atoms with Crippen molar-refractivity contribution in [2.24, 2.45) is 0 Å². The molecule has 1 atom stereocenters. The summed E-state index contributed by atoms with van der Waals surface area (Å²) in [5.74, 6) is -0.525. The first-order valence-corrected chi connectivity index (χ1v) is 5.20. The zero-order valence-electron chi connectivity index (χ0n) is 10.2. The minimum Gasteiger partial charge on any atom is -0.478 e. The fourth-order valence-electron chi connectivity index (χ4n) is 1.31. The number of aliphatic carboxylic acids is 1. The summed E-state index contributed by atoms with van der Waals surface area (Å²) in [7, 11) is 5.25. The molecule has 0 aliphatic heterocycles. The Morgan fingerprint density at radius 1 is 1.47 bits per heavy atom. The largest absolute Gasteiger partial charge is 0.478 e. The number of carbonyl (C=O) groups is 1. The summed E-state index contributed by atoms with van der Waals surface area (Å²) >= 11 is 0. The van der Waals surface area contributed by atoms with Crippen LogP contribution >= 0.6 is 0 Å². The lowest BCUT2D eigenvalue weighted by Gasteiger charge is -2.17. The first kappa shape index (κ1) is 13.3. The topological polar surface area (TPSA) is 59.0 Å². The molecule has 0 saturated carbocycles. The Morgan fingerprint density at radius 2 is 2.18 bits per heavy atom. The van der Waals surface area contributed by atoms with Crippen LogP contribution in [0.5, 0.6) is 5.75 Å². The molecular formula is C12H17NO4. The molecule has 0 bridgehead atoms. The van der Waals surface area contributed by atoms with Crippen LogP contribution in [0, 0.1) is 0 Å². The molecule has 94 valence electrons. The molecule has 0 aliphatic rings. The van der Waals surface area contributed by atoms with Gasteiger partial charge in [-0.15, -0.1) is 0 Å². The molecule has 1 N–H and O–H groups in total.